The third-order valence-electron chi connectivity index (χ3n) is 2.91. The van der Waals surface area contributed by atoms with E-state index in [1.54, 1.807) is 4.68 Å². The maximum Gasteiger partial charge on any atom is 0.269 e. The van der Waals surface area contributed by atoms with Gasteiger partial charge in [0.05, 0.1) is 5.69 Å². The van der Waals surface area contributed by atoms with Crippen molar-refractivity contribution >= 4 is 5.91 Å². The van der Waals surface area contributed by atoms with Gasteiger partial charge >= 0.3 is 0 Å². The van der Waals surface area contributed by atoms with Gasteiger partial charge in [-0.15, -0.1) is 0 Å². The Kier molecular flexibility index (Phi) is 2.40. The molecule has 0 saturated carbocycles. The van der Waals surface area contributed by atoms with E-state index >= 15 is 0 Å². The number of nitrogens with zero attached hydrogens (tertiary/aromatic N) is 2. The monoisotopic (exact) mass is 227 g/mol. The summed E-state index contributed by atoms with van der Waals surface area (Å²) in [6, 6.07) is 11.8. The summed E-state index contributed by atoms with van der Waals surface area (Å²) < 4.78 is 1.80. The Bertz CT molecular complexity index is 545. The van der Waals surface area contributed by atoms with Crippen molar-refractivity contribution in [2.24, 2.45) is 0 Å². The summed E-state index contributed by atoms with van der Waals surface area (Å²) in [5, 5.41) is 7.35. The minimum absolute atomic E-state index is 0.0304. The van der Waals surface area contributed by atoms with Crippen molar-refractivity contribution in [1.29, 1.82) is 0 Å². The number of fused-ring (bicyclic) bond motifs is 1. The number of nitrogens with one attached hydrogen (secondary N) is 1. The molecule has 1 N–H and O–H groups in total. The smallest absolute Gasteiger partial charge is 0.269 e. The fraction of sp³-hybridized carbons (Fsp3) is 0.231. The molecule has 1 amide bonds. The van der Waals surface area contributed by atoms with Crippen LogP contribution in [0.2, 0.25) is 0 Å². The predicted molar refractivity (Wildman–Crippen MR) is 64.6 cm³/mol. The molecule has 4 heteroatoms. The minimum Gasteiger partial charge on any atom is -0.351 e. The van der Waals surface area contributed by atoms with Crippen molar-refractivity contribution in [3.63, 3.8) is 0 Å². The van der Waals surface area contributed by atoms with Crippen molar-refractivity contribution in [2.75, 3.05) is 6.54 Å². The zero-order valence-electron chi connectivity index (χ0n) is 9.39. The molecule has 0 atom stereocenters. The van der Waals surface area contributed by atoms with Gasteiger partial charge in [-0.2, -0.15) is 5.10 Å². The standard InChI is InChI=1S/C13H13N3O/c17-13-12-9-11(10-5-2-1-3-6-10)15-16(12)8-4-7-14-13/h1-3,5-6,9H,4,7-8H2,(H,14,17). The Morgan fingerprint density at radius 1 is 1.24 bits per heavy atom. The fourth-order valence-corrected chi connectivity index (χ4v) is 2.04. The van der Waals surface area contributed by atoms with E-state index < -0.39 is 0 Å². The lowest BCUT2D eigenvalue weighted by Crippen LogP contribution is -2.22. The molecule has 1 aromatic carbocycles. The minimum atomic E-state index is -0.0304. The van der Waals surface area contributed by atoms with Gasteiger partial charge < -0.3 is 5.32 Å². The first-order valence-electron chi connectivity index (χ1n) is 5.76. The number of carbonyl (C=O) groups is 1. The number of aryl methyl sites for hydroxylation is 1. The van der Waals surface area contributed by atoms with Gasteiger partial charge in [0.15, 0.2) is 0 Å². The normalized spacial score (nSPS) is 14.9. The van der Waals surface area contributed by atoms with Crippen LogP contribution in [0, 0.1) is 0 Å². The fourth-order valence-electron chi connectivity index (χ4n) is 2.04. The van der Waals surface area contributed by atoms with Gasteiger partial charge in [-0.3, -0.25) is 9.48 Å². The summed E-state index contributed by atoms with van der Waals surface area (Å²) in [6.45, 7) is 1.52. The molecule has 0 saturated heterocycles. The second-order valence-corrected chi connectivity index (χ2v) is 4.11. The van der Waals surface area contributed by atoms with Crippen LogP contribution in [0.15, 0.2) is 36.4 Å². The average Bonchev–Trinajstić information content (AvgIpc) is 2.72. The quantitative estimate of drug-likeness (QED) is 0.805. The van der Waals surface area contributed by atoms with Crippen LogP contribution in [0.1, 0.15) is 16.9 Å². The number of hydrogen-bond acceptors (Lipinski definition) is 2. The van der Waals surface area contributed by atoms with E-state index in [0.717, 1.165) is 30.8 Å². The molecule has 0 spiro atoms. The van der Waals surface area contributed by atoms with Crippen LogP contribution in [0.4, 0.5) is 0 Å². The summed E-state index contributed by atoms with van der Waals surface area (Å²) in [5.74, 6) is -0.0304. The molecule has 0 radical (unpaired) electrons. The zero-order valence-corrected chi connectivity index (χ0v) is 9.39. The van der Waals surface area contributed by atoms with Gasteiger partial charge in [-0.1, -0.05) is 30.3 Å². The molecule has 0 unspecified atom stereocenters. The zero-order chi connectivity index (χ0) is 11.7. The van der Waals surface area contributed by atoms with E-state index in [-0.39, 0.29) is 5.91 Å². The molecule has 1 aliphatic heterocycles. The highest BCUT2D eigenvalue weighted by Gasteiger charge is 2.18. The highest BCUT2D eigenvalue weighted by Crippen LogP contribution is 2.19. The average molecular weight is 227 g/mol. The van der Waals surface area contributed by atoms with E-state index in [2.05, 4.69) is 10.4 Å². The van der Waals surface area contributed by atoms with Crippen molar-refractivity contribution in [1.82, 2.24) is 15.1 Å². The van der Waals surface area contributed by atoms with Crippen LogP contribution in [-0.4, -0.2) is 22.2 Å². The maximum absolute atomic E-state index is 11.8. The SMILES string of the molecule is O=C1NCCCn2nc(-c3ccccc3)cc21. The lowest BCUT2D eigenvalue weighted by atomic mass is 10.1. The molecule has 0 bridgehead atoms. The van der Waals surface area contributed by atoms with Gasteiger partial charge in [0.2, 0.25) is 0 Å². The molecule has 4 nitrogen and oxygen atoms in total. The number of benzene rings is 1. The van der Waals surface area contributed by atoms with Gasteiger partial charge in [-0.25, -0.2) is 0 Å². The molecule has 1 aliphatic rings. The number of aromatic nitrogens is 2. The number of amides is 1. The molecule has 0 fully saturated rings. The van der Waals surface area contributed by atoms with Crippen LogP contribution in [-0.2, 0) is 6.54 Å². The van der Waals surface area contributed by atoms with Crippen LogP contribution in [0.5, 0.6) is 0 Å². The molecule has 2 aromatic rings. The van der Waals surface area contributed by atoms with Gasteiger partial charge in [-0.05, 0) is 12.5 Å². The predicted octanol–water partition coefficient (Wildman–Crippen LogP) is 1.68. The Morgan fingerprint density at radius 2 is 2.06 bits per heavy atom. The number of rotatable bonds is 1. The van der Waals surface area contributed by atoms with Crippen LogP contribution in [0.25, 0.3) is 11.3 Å². The number of carbonyl (C=O) groups excluding carboxylic acids is 1. The van der Waals surface area contributed by atoms with E-state index in [9.17, 15) is 4.79 Å². The first-order chi connectivity index (χ1) is 8.34. The van der Waals surface area contributed by atoms with E-state index in [4.69, 9.17) is 0 Å². The van der Waals surface area contributed by atoms with Crippen molar-refractivity contribution in [3.05, 3.63) is 42.1 Å². The highest BCUT2D eigenvalue weighted by atomic mass is 16.2. The lowest BCUT2D eigenvalue weighted by molar-refractivity contribution is 0.0950. The van der Waals surface area contributed by atoms with E-state index in [0.29, 0.717) is 5.69 Å². The summed E-state index contributed by atoms with van der Waals surface area (Å²) in [7, 11) is 0. The molecule has 2 heterocycles. The molecule has 17 heavy (non-hydrogen) atoms. The Hall–Kier alpha value is -2.10. The molecule has 0 aliphatic carbocycles. The summed E-state index contributed by atoms with van der Waals surface area (Å²) in [5.41, 5.74) is 2.56. The molecule has 1 aromatic heterocycles. The van der Waals surface area contributed by atoms with Crippen LogP contribution >= 0.6 is 0 Å². The third kappa shape index (κ3) is 1.82. The van der Waals surface area contributed by atoms with E-state index in [1.165, 1.54) is 0 Å². The largest absolute Gasteiger partial charge is 0.351 e. The number of hydrogen-bond donors (Lipinski definition) is 1. The topological polar surface area (TPSA) is 46.9 Å². The molecular weight excluding hydrogens is 214 g/mol. The second-order valence-electron chi connectivity index (χ2n) is 4.11. The van der Waals surface area contributed by atoms with E-state index in [1.807, 2.05) is 36.4 Å². The summed E-state index contributed by atoms with van der Waals surface area (Å²) >= 11 is 0. The first-order valence-corrected chi connectivity index (χ1v) is 5.76. The lowest BCUT2D eigenvalue weighted by Gasteiger charge is -1.98. The van der Waals surface area contributed by atoms with Crippen molar-refractivity contribution < 1.29 is 4.79 Å². The van der Waals surface area contributed by atoms with Gasteiger partial charge in [0, 0.05) is 18.7 Å². The van der Waals surface area contributed by atoms with Crippen molar-refractivity contribution in [3.8, 4) is 11.3 Å². The Labute approximate surface area is 99.3 Å². The third-order valence-corrected chi connectivity index (χ3v) is 2.91. The maximum atomic E-state index is 11.8. The Balaban J connectivity index is 2.05. The second kappa shape index (κ2) is 4.05. The first kappa shape index (κ1) is 10.1. The van der Waals surface area contributed by atoms with Crippen LogP contribution < -0.4 is 5.32 Å². The summed E-state index contributed by atoms with van der Waals surface area (Å²) in [6.07, 6.45) is 0.925. The highest BCUT2D eigenvalue weighted by molar-refractivity contribution is 5.93. The molecule has 3 rings (SSSR count). The van der Waals surface area contributed by atoms with Gasteiger partial charge in [0.25, 0.3) is 5.91 Å². The van der Waals surface area contributed by atoms with Crippen LogP contribution in [0.3, 0.4) is 0 Å². The molecule has 86 valence electrons. The van der Waals surface area contributed by atoms with Gasteiger partial charge in [0.1, 0.15) is 5.69 Å². The van der Waals surface area contributed by atoms with Crippen molar-refractivity contribution in [2.45, 2.75) is 13.0 Å². The Morgan fingerprint density at radius 3 is 2.88 bits per heavy atom. The summed E-state index contributed by atoms with van der Waals surface area (Å²) in [4.78, 5) is 11.8. The molecular formula is C13H13N3O.